The molecule has 86 valence electrons. The largest absolute Gasteiger partial charge is 0.319 e. The first-order chi connectivity index (χ1) is 7.69. The van der Waals surface area contributed by atoms with E-state index in [1.165, 1.54) is 0 Å². The average Bonchev–Trinajstić information content (AvgIpc) is 3.02. The van der Waals surface area contributed by atoms with Gasteiger partial charge in [0, 0.05) is 5.56 Å². The second-order valence-corrected chi connectivity index (χ2v) is 5.83. The molecule has 5 heteroatoms. The van der Waals surface area contributed by atoms with Crippen LogP contribution >= 0.6 is 11.8 Å². The van der Waals surface area contributed by atoms with Gasteiger partial charge >= 0.3 is 0 Å². The van der Waals surface area contributed by atoms with Gasteiger partial charge in [-0.2, -0.15) is 11.8 Å². The fraction of sp³-hybridized carbons (Fsp3) is 0.636. The molecule has 0 saturated heterocycles. The molecule has 4 nitrogen and oxygen atoms in total. The zero-order valence-corrected chi connectivity index (χ0v) is 9.90. The zero-order chi connectivity index (χ0) is 11.2. The second kappa shape index (κ2) is 3.60. The van der Waals surface area contributed by atoms with Crippen LogP contribution in [0.3, 0.4) is 0 Å². The molecule has 2 heterocycles. The number of rotatable bonds is 1. The van der Waals surface area contributed by atoms with Gasteiger partial charge in [0.25, 0.3) is 5.56 Å². The van der Waals surface area contributed by atoms with Crippen molar-refractivity contribution in [3.05, 3.63) is 27.4 Å². The Morgan fingerprint density at radius 1 is 1.31 bits per heavy atom. The van der Waals surface area contributed by atoms with Crippen LogP contribution in [0.1, 0.15) is 29.9 Å². The van der Waals surface area contributed by atoms with Gasteiger partial charge in [0.15, 0.2) is 0 Å². The Morgan fingerprint density at radius 2 is 2.06 bits per heavy atom. The van der Waals surface area contributed by atoms with Gasteiger partial charge in [0.2, 0.25) is 0 Å². The second-order valence-electron chi connectivity index (χ2n) is 4.61. The standard InChI is InChI=1S/C11H15N3OS/c12-11(3-4-11)10-13-8-2-6-16-5-1-7(8)9(15)14-10/h1-6,12H2,(H,13,14,15). The average molecular weight is 237 g/mol. The molecule has 0 bridgehead atoms. The van der Waals surface area contributed by atoms with Gasteiger partial charge in [-0.05, 0) is 37.2 Å². The molecule has 0 atom stereocenters. The highest BCUT2D eigenvalue weighted by Crippen LogP contribution is 2.40. The van der Waals surface area contributed by atoms with Gasteiger partial charge in [-0.1, -0.05) is 0 Å². The third-order valence-corrected chi connectivity index (χ3v) is 4.33. The van der Waals surface area contributed by atoms with Crippen LogP contribution in [0.5, 0.6) is 0 Å². The van der Waals surface area contributed by atoms with E-state index in [1.807, 2.05) is 11.8 Å². The molecule has 0 amide bonds. The number of thioether (sulfide) groups is 1. The molecule has 3 rings (SSSR count). The highest BCUT2D eigenvalue weighted by molar-refractivity contribution is 7.99. The minimum absolute atomic E-state index is 0.0271. The Balaban J connectivity index is 2.09. The van der Waals surface area contributed by atoms with Crippen molar-refractivity contribution in [1.29, 1.82) is 0 Å². The maximum absolute atomic E-state index is 12.0. The number of hydrogen-bond acceptors (Lipinski definition) is 4. The van der Waals surface area contributed by atoms with E-state index >= 15 is 0 Å². The number of fused-ring (bicyclic) bond motifs is 1. The van der Waals surface area contributed by atoms with Crippen molar-refractivity contribution in [3.63, 3.8) is 0 Å². The lowest BCUT2D eigenvalue weighted by molar-refractivity contribution is 0.654. The van der Waals surface area contributed by atoms with Gasteiger partial charge in [0.05, 0.1) is 11.2 Å². The molecule has 1 saturated carbocycles. The quantitative estimate of drug-likeness (QED) is 0.748. The monoisotopic (exact) mass is 237 g/mol. The minimum atomic E-state index is -0.340. The predicted molar refractivity (Wildman–Crippen MR) is 64.7 cm³/mol. The predicted octanol–water partition coefficient (Wildman–Crippen LogP) is 0.550. The van der Waals surface area contributed by atoms with Crippen LogP contribution in [0.4, 0.5) is 0 Å². The molecule has 1 aromatic heterocycles. The molecule has 0 unspecified atom stereocenters. The van der Waals surface area contributed by atoms with Crippen LogP contribution in [-0.4, -0.2) is 21.5 Å². The fourth-order valence-corrected chi connectivity index (χ4v) is 2.95. The molecule has 3 N–H and O–H groups in total. The Morgan fingerprint density at radius 3 is 2.81 bits per heavy atom. The van der Waals surface area contributed by atoms with Crippen molar-refractivity contribution in [3.8, 4) is 0 Å². The number of hydrogen-bond donors (Lipinski definition) is 2. The van der Waals surface area contributed by atoms with E-state index < -0.39 is 0 Å². The first-order valence-electron chi connectivity index (χ1n) is 5.68. The van der Waals surface area contributed by atoms with Gasteiger partial charge in [-0.25, -0.2) is 4.98 Å². The molecule has 2 aliphatic rings. The van der Waals surface area contributed by atoms with Crippen LogP contribution in [0, 0.1) is 0 Å². The lowest BCUT2D eigenvalue weighted by Crippen LogP contribution is -2.29. The summed E-state index contributed by atoms with van der Waals surface area (Å²) in [5.41, 5.74) is 7.60. The Bertz CT molecular complexity index is 479. The summed E-state index contributed by atoms with van der Waals surface area (Å²) in [5, 5.41) is 0. The lowest BCUT2D eigenvalue weighted by atomic mass is 10.1. The van der Waals surface area contributed by atoms with E-state index in [-0.39, 0.29) is 11.1 Å². The smallest absolute Gasteiger partial charge is 0.254 e. The van der Waals surface area contributed by atoms with Crippen molar-refractivity contribution in [2.75, 3.05) is 11.5 Å². The molecular weight excluding hydrogens is 222 g/mol. The van der Waals surface area contributed by atoms with Crippen molar-refractivity contribution < 1.29 is 0 Å². The summed E-state index contributed by atoms with van der Waals surface area (Å²) < 4.78 is 0. The summed E-state index contributed by atoms with van der Waals surface area (Å²) in [7, 11) is 0. The number of nitrogens with one attached hydrogen (secondary N) is 1. The molecule has 1 fully saturated rings. The molecular formula is C11H15N3OS. The molecule has 1 aliphatic heterocycles. The summed E-state index contributed by atoms with van der Waals surface area (Å²) in [5.74, 6) is 2.77. The van der Waals surface area contributed by atoms with Crippen molar-refractivity contribution >= 4 is 11.8 Å². The molecule has 0 radical (unpaired) electrons. The summed E-state index contributed by atoms with van der Waals surface area (Å²) in [6.45, 7) is 0. The third-order valence-electron chi connectivity index (χ3n) is 3.34. The summed E-state index contributed by atoms with van der Waals surface area (Å²) in [4.78, 5) is 19.4. The van der Waals surface area contributed by atoms with Gasteiger partial charge in [-0.3, -0.25) is 4.79 Å². The maximum atomic E-state index is 12.0. The normalized spacial score (nSPS) is 22.3. The van der Waals surface area contributed by atoms with Crippen LogP contribution in [0.2, 0.25) is 0 Å². The van der Waals surface area contributed by atoms with E-state index in [1.54, 1.807) is 0 Å². The topological polar surface area (TPSA) is 71.8 Å². The van der Waals surface area contributed by atoms with Crippen molar-refractivity contribution in [2.24, 2.45) is 5.73 Å². The number of H-pyrrole nitrogens is 1. The summed E-state index contributed by atoms with van der Waals surface area (Å²) >= 11 is 1.89. The Hall–Kier alpha value is -0.810. The highest BCUT2D eigenvalue weighted by atomic mass is 32.2. The Labute approximate surface area is 98.0 Å². The van der Waals surface area contributed by atoms with Crippen LogP contribution < -0.4 is 11.3 Å². The molecule has 0 spiro atoms. The number of aryl methyl sites for hydroxylation is 1. The maximum Gasteiger partial charge on any atom is 0.254 e. The van der Waals surface area contributed by atoms with E-state index in [0.29, 0.717) is 5.82 Å². The van der Waals surface area contributed by atoms with Crippen molar-refractivity contribution in [2.45, 2.75) is 31.2 Å². The Kier molecular flexibility index (Phi) is 2.33. The number of nitrogens with two attached hydrogens (primary N) is 1. The minimum Gasteiger partial charge on any atom is -0.319 e. The lowest BCUT2D eigenvalue weighted by Gasteiger charge is -2.11. The molecule has 16 heavy (non-hydrogen) atoms. The zero-order valence-electron chi connectivity index (χ0n) is 9.08. The van der Waals surface area contributed by atoms with E-state index in [9.17, 15) is 4.79 Å². The number of aromatic amines is 1. The summed E-state index contributed by atoms with van der Waals surface area (Å²) in [6, 6.07) is 0. The van der Waals surface area contributed by atoms with Crippen LogP contribution in [0.25, 0.3) is 0 Å². The fourth-order valence-electron chi connectivity index (χ4n) is 2.06. The molecule has 1 aliphatic carbocycles. The highest BCUT2D eigenvalue weighted by Gasteiger charge is 2.43. The van der Waals surface area contributed by atoms with Crippen LogP contribution in [-0.2, 0) is 18.4 Å². The van der Waals surface area contributed by atoms with E-state index in [0.717, 1.165) is 48.4 Å². The molecule has 0 aromatic carbocycles. The van der Waals surface area contributed by atoms with Gasteiger partial charge in [-0.15, -0.1) is 0 Å². The van der Waals surface area contributed by atoms with Crippen LogP contribution in [0.15, 0.2) is 4.79 Å². The molecule has 1 aromatic rings. The first kappa shape index (κ1) is 10.4. The number of aromatic nitrogens is 2. The van der Waals surface area contributed by atoms with E-state index in [4.69, 9.17) is 5.73 Å². The number of nitrogens with zero attached hydrogens (tertiary/aromatic N) is 1. The van der Waals surface area contributed by atoms with Gasteiger partial charge < -0.3 is 10.7 Å². The van der Waals surface area contributed by atoms with E-state index in [2.05, 4.69) is 9.97 Å². The van der Waals surface area contributed by atoms with Gasteiger partial charge in [0.1, 0.15) is 5.82 Å². The van der Waals surface area contributed by atoms with Crippen molar-refractivity contribution in [1.82, 2.24) is 9.97 Å². The first-order valence-corrected chi connectivity index (χ1v) is 6.84. The SMILES string of the molecule is NC1(c2nc3c(c(=O)[nH]2)CCSCC3)CC1. The summed E-state index contributed by atoms with van der Waals surface area (Å²) in [6.07, 6.45) is 3.60. The third kappa shape index (κ3) is 1.68.